The second kappa shape index (κ2) is 7.83. The van der Waals surface area contributed by atoms with Crippen LogP contribution in [0.25, 0.3) is 0 Å². The second-order valence-electron chi connectivity index (χ2n) is 5.24. The van der Waals surface area contributed by atoms with E-state index in [2.05, 4.69) is 17.6 Å². The molecule has 1 heterocycles. The van der Waals surface area contributed by atoms with E-state index in [1.807, 2.05) is 12.1 Å². The van der Waals surface area contributed by atoms with Gasteiger partial charge in [0.25, 0.3) is 0 Å². The van der Waals surface area contributed by atoms with Crippen LogP contribution in [0.2, 0.25) is 0 Å². The Labute approximate surface area is 148 Å². The average Bonchev–Trinajstić information content (AvgIpc) is 2.77. The zero-order valence-electron chi connectivity index (χ0n) is 12.7. The number of fused-ring (bicyclic) bond motifs is 1. The molecule has 5 nitrogen and oxygen atoms in total. The molecule has 1 aliphatic heterocycles. The first-order chi connectivity index (χ1) is 9.48. The van der Waals surface area contributed by atoms with Gasteiger partial charge in [0.05, 0.1) is 11.4 Å². The van der Waals surface area contributed by atoms with Crippen molar-refractivity contribution in [2.75, 3.05) is 10.6 Å². The van der Waals surface area contributed by atoms with Crippen molar-refractivity contribution in [3.63, 3.8) is 0 Å². The SMILES string of the molecule is CCCCCCCC1(S(=O)(=O)[O-])Nc2ccccc2N1.[Na+]. The number of benzene rings is 1. The number of rotatable bonds is 7. The van der Waals surface area contributed by atoms with Gasteiger partial charge in [-0.25, -0.2) is 8.42 Å². The van der Waals surface area contributed by atoms with E-state index in [0.717, 1.165) is 25.7 Å². The molecule has 0 saturated carbocycles. The molecule has 1 aliphatic rings. The van der Waals surface area contributed by atoms with Gasteiger partial charge < -0.3 is 15.2 Å². The Morgan fingerprint density at radius 3 is 2.05 bits per heavy atom. The van der Waals surface area contributed by atoms with Crippen molar-refractivity contribution in [3.8, 4) is 0 Å². The predicted molar refractivity (Wildman–Crippen MR) is 79.5 cm³/mol. The maximum atomic E-state index is 11.7. The minimum Gasteiger partial charge on any atom is -0.745 e. The van der Waals surface area contributed by atoms with Crippen LogP contribution < -0.4 is 40.2 Å². The van der Waals surface area contributed by atoms with Crippen molar-refractivity contribution in [3.05, 3.63) is 24.3 Å². The molecule has 0 spiro atoms. The Kier molecular flexibility index (Phi) is 7.00. The molecule has 0 aliphatic carbocycles. The van der Waals surface area contributed by atoms with Crippen molar-refractivity contribution in [1.29, 1.82) is 0 Å². The summed E-state index contributed by atoms with van der Waals surface area (Å²) < 4.78 is 35.0. The molecule has 0 bridgehead atoms. The topological polar surface area (TPSA) is 81.3 Å². The normalized spacial score (nSPS) is 15.5. The van der Waals surface area contributed by atoms with Crippen molar-refractivity contribution < 1.29 is 42.5 Å². The molecule has 0 atom stereocenters. The third-order valence-corrected chi connectivity index (χ3v) is 4.92. The van der Waals surface area contributed by atoms with Gasteiger partial charge >= 0.3 is 29.6 Å². The van der Waals surface area contributed by atoms with Gasteiger partial charge in [-0.15, -0.1) is 0 Å². The van der Waals surface area contributed by atoms with Crippen LogP contribution in [0.15, 0.2) is 24.3 Å². The third kappa shape index (κ3) is 4.36. The van der Waals surface area contributed by atoms with E-state index in [1.165, 1.54) is 0 Å². The number of unbranched alkanes of at least 4 members (excludes halogenated alkanes) is 4. The maximum Gasteiger partial charge on any atom is 1.00 e. The largest absolute Gasteiger partial charge is 1.00 e. The summed E-state index contributed by atoms with van der Waals surface area (Å²) in [6.07, 6.45) is 5.25. The molecule has 0 aromatic heterocycles. The van der Waals surface area contributed by atoms with Crippen LogP contribution in [0, 0.1) is 0 Å². The molecule has 2 N–H and O–H groups in total. The van der Waals surface area contributed by atoms with E-state index in [1.54, 1.807) is 12.1 Å². The third-order valence-electron chi connectivity index (χ3n) is 3.66. The standard InChI is InChI=1S/C14H22N2O3S.Na/c1-2-3-4-5-8-11-14(20(17,18)19)15-12-9-6-7-10-13(12)16-14;/h6-7,9-10,15-16H,2-5,8,11H2,1H3,(H,17,18,19);/q;+1/p-1. The number of nitrogens with one attached hydrogen (secondary N) is 2. The maximum absolute atomic E-state index is 11.7. The fourth-order valence-electron chi connectivity index (χ4n) is 2.52. The molecular weight excluding hydrogens is 299 g/mol. The summed E-state index contributed by atoms with van der Waals surface area (Å²) in [6, 6.07) is 7.16. The zero-order valence-corrected chi connectivity index (χ0v) is 15.5. The fourth-order valence-corrected chi connectivity index (χ4v) is 3.38. The van der Waals surface area contributed by atoms with Crippen molar-refractivity contribution in [2.45, 2.75) is 50.4 Å². The van der Waals surface area contributed by atoms with E-state index < -0.39 is 15.1 Å². The molecule has 0 radical (unpaired) electrons. The molecule has 21 heavy (non-hydrogen) atoms. The number of hydrogen-bond acceptors (Lipinski definition) is 5. The van der Waals surface area contributed by atoms with Crippen LogP contribution in [0.1, 0.15) is 45.4 Å². The van der Waals surface area contributed by atoms with E-state index in [0.29, 0.717) is 17.8 Å². The monoisotopic (exact) mass is 320 g/mol. The second-order valence-corrected chi connectivity index (χ2v) is 6.85. The molecule has 0 fully saturated rings. The van der Waals surface area contributed by atoms with Crippen LogP contribution in [0.5, 0.6) is 0 Å². The smallest absolute Gasteiger partial charge is 0.745 e. The molecule has 1 aromatic carbocycles. The molecule has 0 amide bonds. The number of para-hydroxylation sites is 2. The number of hydrogen-bond donors (Lipinski definition) is 2. The minimum atomic E-state index is -4.50. The average molecular weight is 320 g/mol. The minimum absolute atomic E-state index is 0. The van der Waals surface area contributed by atoms with Gasteiger partial charge in [0, 0.05) is 6.42 Å². The summed E-state index contributed by atoms with van der Waals surface area (Å²) >= 11 is 0. The van der Waals surface area contributed by atoms with Crippen LogP contribution >= 0.6 is 0 Å². The van der Waals surface area contributed by atoms with E-state index in [4.69, 9.17) is 0 Å². The van der Waals surface area contributed by atoms with Crippen molar-refractivity contribution >= 4 is 21.5 Å². The predicted octanol–water partition coefficient (Wildman–Crippen LogP) is 0.0875. The van der Waals surface area contributed by atoms with Crippen LogP contribution in [-0.2, 0) is 10.1 Å². The first-order valence-electron chi connectivity index (χ1n) is 7.09. The molecule has 0 saturated heterocycles. The van der Waals surface area contributed by atoms with Gasteiger partial charge in [0.1, 0.15) is 10.1 Å². The summed E-state index contributed by atoms with van der Waals surface area (Å²) in [5, 5.41) is 5.73. The Morgan fingerprint density at radius 2 is 1.57 bits per heavy atom. The van der Waals surface area contributed by atoms with E-state index in [-0.39, 0.29) is 36.0 Å². The first-order valence-corrected chi connectivity index (χ1v) is 8.50. The Morgan fingerprint density at radius 1 is 1.05 bits per heavy atom. The van der Waals surface area contributed by atoms with Gasteiger partial charge in [0.2, 0.25) is 4.99 Å². The quantitative estimate of drug-likeness (QED) is 0.423. The zero-order chi connectivity index (χ0) is 14.6. The number of anilines is 2. The fraction of sp³-hybridized carbons (Fsp3) is 0.571. The van der Waals surface area contributed by atoms with Gasteiger partial charge in [-0.05, 0) is 18.6 Å². The van der Waals surface area contributed by atoms with Gasteiger partial charge in [0.15, 0.2) is 0 Å². The van der Waals surface area contributed by atoms with Crippen LogP contribution in [0.4, 0.5) is 11.4 Å². The molecule has 1 aromatic rings. The molecule has 0 unspecified atom stereocenters. The Balaban J connectivity index is 0.00000220. The summed E-state index contributed by atoms with van der Waals surface area (Å²) in [7, 11) is -4.50. The van der Waals surface area contributed by atoms with Crippen LogP contribution in [-0.4, -0.2) is 18.0 Å². The molecular formula is C14H21N2NaO3S. The first kappa shape index (κ1) is 18.8. The van der Waals surface area contributed by atoms with E-state index in [9.17, 15) is 13.0 Å². The Hall–Kier alpha value is -0.270. The van der Waals surface area contributed by atoms with Crippen molar-refractivity contribution in [2.24, 2.45) is 0 Å². The summed E-state index contributed by atoms with van der Waals surface area (Å²) in [4.78, 5) is -1.59. The van der Waals surface area contributed by atoms with Gasteiger partial charge in [-0.3, -0.25) is 0 Å². The molecule has 7 heteroatoms. The Bertz CT molecular complexity index is 538. The van der Waals surface area contributed by atoms with Gasteiger partial charge in [-0.2, -0.15) is 0 Å². The van der Waals surface area contributed by atoms with Crippen LogP contribution in [0.3, 0.4) is 0 Å². The summed E-state index contributed by atoms with van der Waals surface area (Å²) in [5.74, 6) is 0. The summed E-state index contributed by atoms with van der Waals surface area (Å²) in [6.45, 7) is 2.13. The molecule has 2 rings (SSSR count). The molecule has 112 valence electrons. The van der Waals surface area contributed by atoms with E-state index >= 15 is 0 Å². The van der Waals surface area contributed by atoms with Crippen molar-refractivity contribution in [1.82, 2.24) is 0 Å². The summed E-state index contributed by atoms with van der Waals surface area (Å²) in [5.41, 5.74) is 1.33. The van der Waals surface area contributed by atoms with Gasteiger partial charge in [-0.1, -0.05) is 44.7 Å².